The molecule has 0 aliphatic carbocycles. The summed E-state index contributed by atoms with van der Waals surface area (Å²) >= 11 is 1.43. The van der Waals surface area contributed by atoms with Crippen molar-refractivity contribution in [3.63, 3.8) is 0 Å². The molecule has 3 rings (SSSR count). The predicted octanol–water partition coefficient (Wildman–Crippen LogP) is 3.46. The Morgan fingerprint density at radius 2 is 2.05 bits per heavy atom. The Hall–Kier alpha value is -2.47. The van der Waals surface area contributed by atoms with E-state index in [2.05, 4.69) is 10.1 Å². The van der Waals surface area contributed by atoms with E-state index in [0.717, 1.165) is 5.56 Å². The fourth-order valence-electron chi connectivity index (χ4n) is 2.07. The monoisotopic (exact) mass is 313 g/mol. The summed E-state index contributed by atoms with van der Waals surface area (Å²) in [4.78, 5) is 19.1. The Morgan fingerprint density at radius 1 is 1.23 bits per heavy atom. The van der Waals surface area contributed by atoms with Crippen LogP contribution < -0.4 is 0 Å². The normalized spacial score (nSPS) is 10.6. The van der Waals surface area contributed by atoms with Crippen LogP contribution in [0.5, 0.6) is 0 Å². The summed E-state index contributed by atoms with van der Waals surface area (Å²) in [6.45, 7) is 2.83. The van der Waals surface area contributed by atoms with Crippen LogP contribution in [-0.4, -0.2) is 27.5 Å². The molecule has 22 heavy (non-hydrogen) atoms. The van der Waals surface area contributed by atoms with Gasteiger partial charge in [0.05, 0.1) is 4.88 Å². The van der Waals surface area contributed by atoms with E-state index in [4.69, 9.17) is 4.52 Å². The van der Waals surface area contributed by atoms with Crippen molar-refractivity contribution in [2.24, 2.45) is 0 Å². The zero-order valence-electron chi connectivity index (χ0n) is 12.1. The lowest BCUT2D eigenvalue weighted by Gasteiger charge is -2.17. The fraction of sp³-hybridized carbons (Fsp3) is 0.188. The number of carbonyl (C=O) groups is 1. The number of benzene rings is 1. The Kier molecular flexibility index (Phi) is 4.29. The molecule has 0 aliphatic rings. The predicted molar refractivity (Wildman–Crippen MR) is 84.5 cm³/mol. The number of nitrogens with zero attached hydrogens (tertiary/aromatic N) is 3. The molecule has 0 unspecified atom stereocenters. The standard InChI is InChI=1S/C16H15N3O2S/c1-2-19(16(20)13-9-6-10-22-13)11-14-17-15(18-21-14)12-7-4-3-5-8-12/h3-10H,2,11H2,1H3. The van der Waals surface area contributed by atoms with Crippen molar-refractivity contribution in [3.8, 4) is 11.4 Å². The molecule has 0 atom stereocenters. The van der Waals surface area contributed by atoms with Crippen LogP contribution in [-0.2, 0) is 6.54 Å². The zero-order chi connectivity index (χ0) is 15.4. The van der Waals surface area contributed by atoms with Gasteiger partial charge < -0.3 is 9.42 Å². The molecule has 2 aromatic heterocycles. The number of hydrogen-bond donors (Lipinski definition) is 0. The SMILES string of the molecule is CCN(Cc1nc(-c2ccccc2)no1)C(=O)c1cccs1. The van der Waals surface area contributed by atoms with E-state index in [1.165, 1.54) is 11.3 Å². The van der Waals surface area contributed by atoms with Crippen molar-refractivity contribution in [2.45, 2.75) is 13.5 Å². The molecule has 5 nitrogen and oxygen atoms in total. The molecule has 112 valence electrons. The largest absolute Gasteiger partial charge is 0.337 e. The van der Waals surface area contributed by atoms with Crippen molar-refractivity contribution in [3.05, 3.63) is 58.6 Å². The maximum Gasteiger partial charge on any atom is 0.264 e. The first kappa shape index (κ1) is 14.5. The average Bonchev–Trinajstić information content (AvgIpc) is 3.24. The first-order valence-corrected chi connectivity index (χ1v) is 7.86. The molecule has 1 amide bonds. The molecule has 1 aromatic carbocycles. The molecule has 0 radical (unpaired) electrons. The van der Waals surface area contributed by atoms with Gasteiger partial charge in [0.2, 0.25) is 11.7 Å². The van der Waals surface area contributed by atoms with Crippen molar-refractivity contribution >= 4 is 17.2 Å². The van der Waals surface area contributed by atoms with Crippen LogP contribution in [0.25, 0.3) is 11.4 Å². The van der Waals surface area contributed by atoms with Gasteiger partial charge in [0.1, 0.15) is 6.54 Å². The Morgan fingerprint density at radius 3 is 2.73 bits per heavy atom. The van der Waals surface area contributed by atoms with E-state index in [9.17, 15) is 4.79 Å². The number of thiophene rings is 1. The van der Waals surface area contributed by atoms with Gasteiger partial charge in [0.25, 0.3) is 5.91 Å². The van der Waals surface area contributed by atoms with Gasteiger partial charge in [-0.05, 0) is 18.4 Å². The lowest BCUT2D eigenvalue weighted by atomic mass is 10.2. The van der Waals surface area contributed by atoms with Gasteiger partial charge in [0, 0.05) is 12.1 Å². The lowest BCUT2D eigenvalue weighted by molar-refractivity contribution is 0.0739. The van der Waals surface area contributed by atoms with Gasteiger partial charge >= 0.3 is 0 Å². The molecule has 0 saturated heterocycles. The first-order chi connectivity index (χ1) is 10.8. The molecule has 0 saturated carbocycles. The van der Waals surface area contributed by atoms with E-state index in [-0.39, 0.29) is 5.91 Å². The highest BCUT2D eigenvalue weighted by molar-refractivity contribution is 7.12. The maximum absolute atomic E-state index is 12.4. The van der Waals surface area contributed by atoms with Crippen LogP contribution in [0.2, 0.25) is 0 Å². The third-order valence-corrected chi connectivity index (χ3v) is 4.08. The van der Waals surface area contributed by atoms with E-state index in [1.807, 2.05) is 54.8 Å². The molecule has 3 aromatic rings. The van der Waals surface area contributed by atoms with Crippen molar-refractivity contribution in [2.75, 3.05) is 6.54 Å². The minimum atomic E-state index is -0.0167. The quantitative estimate of drug-likeness (QED) is 0.724. The highest BCUT2D eigenvalue weighted by atomic mass is 32.1. The number of hydrogen-bond acceptors (Lipinski definition) is 5. The topological polar surface area (TPSA) is 59.2 Å². The highest BCUT2D eigenvalue weighted by Crippen LogP contribution is 2.17. The second-order valence-corrected chi connectivity index (χ2v) is 5.62. The molecule has 0 fully saturated rings. The molecule has 0 N–H and O–H groups in total. The van der Waals surface area contributed by atoms with Gasteiger partial charge in [0.15, 0.2) is 0 Å². The van der Waals surface area contributed by atoms with Crippen LogP contribution in [0.1, 0.15) is 22.5 Å². The minimum absolute atomic E-state index is 0.0167. The number of amides is 1. The Bertz CT molecular complexity index is 738. The van der Waals surface area contributed by atoms with Crippen molar-refractivity contribution in [1.82, 2.24) is 15.0 Å². The van der Waals surface area contributed by atoms with Crippen LogP contribution in [0.3, 0.4) is 0 Å². The number of aromatic nitrogens is 2. The van der Waals surface area contributed by atoms with Crippen LogP contribution in [0.15, 0.2) is 52.4 Å². The second-order valence-electron chi connectivity index (χ2n) is 4.67. The van der Waals surface area contributed by atoms with Gasteiger partial charge in [-0.2, -0.15) is 4.98 Å². The Balaban J connectivity index is 1.75. The average molecular weight is 313 g/mol. The van der Waals surface area contributed by atoms with Gasteiger partial charge in [-0.25, -0.2) is 0 Å². The fourth-order valence-corrected chi connectivity index (χ4v) is 2.76. The summed E-state index contributed by atoms with van der Waals surface area (Å²) in [5.41, 5.74) is 0.894. The Labute approximate surface area is 132 Å². The minimum Gasteiger partial charge on any atom is -0.337 e. The summed E-state index contributed by atoms with van der Waals surface area (Å²) in [5, 5.41) is 5.86. The smallest absolute Gasteiger partial charge is 0.264 e. The zero-order valence-corrected chi connectivity index (χ0v) is 12.9. The summed E-state index contributed by atoms with van der Waals surface area (Å²) in [6, 6.07) is 13.3. The van der Waals surface area contributed by atoms with E-state index in [0.29, 0.717) is 29.7 Å². The van der Waals surface area contributed by atoms with E-state index < -0.39 is 0 Å². The molecule has 0 bridgehead atoms. The summed E-state index contributed by atoms with van der Waals surface area (Å²) in [5.74, 6) is 0.956. The molecular weight excluding hydrogens is 298 g/mol. The maximum atomic E-state index is 12.4. The third kappa shape index (κ3) is 3.07. The molecule has 2 heterocycles. The van der Waals surface area contributed by atoms with E-state index >= 15 is 0 Å². The van der Waals surface area contributed by atoms with Crippen LogP contribution >= 0.6 is 11.3 Å². The van der Waals surface area contributed by atoms with Gasteiger partial charge in [-0.1, -0.05) is 41.6 Å². The molecule has 6 heteroatoms. The molecular formula is C16H15N3O2S. The van der Waals surface area contributed by atoms with Gasteiger partial charge in [-0.15, -0.1) is 11.3 Å². The van der Waals surface area contributed by atoms with Crippen molar-refractivity contribution in [1.29, 1.82) is 0 Å². The van der Waals surface area contributed by atoms with Crippen molar-refractivity contribution < 1.29 is 9.32 Å². The molecule has 0 spiro atoms. The van der Waals surface area contributed by atoms with Gasteiger partial charge in [-0.3, -0.25) is 4.79 Å². The second kappa shape index (κ2) is 6.53. The number of carbonyl (C=O) groups excluding carboxylic acids is 1. The summed E-state index contributed by atoms with van der Waals surface area (Å²) in [7, 11) is 0. The third-order valence-electron chi connectivity index (χ3n) is 3.23. The van der Waals surface area contributed by atoms with E-state index in [1.54, 1.807) is 4.90 Å². The summed E-state index contributed by atoms with van der Waals surface area (Å²) in [6.07, 6.45) is 0. The van der Waals surface area contributed by atoms with Crippen LogP contribution in [0.4, 0.5) is 0 Å². The first-order valence-electron chi connectivity index (χ1n) is 6.98. The summed E-state index contributed by atoms with van der Waals surface area (Å²) < 4.78 is 5.27. The highest BCUT2D eigenvalue weighted by Gasteiger charge is 2.18. The lowest BCUT2D eigenvalue weighted by Crippen LogP contribution is -2.29. The number of rotatable bonds is 5. The molecule has 0 aliphatic heterocycles. The van der Waals surface area contributed by atoms with Crippen LogP contribution in [0, 0.1) is 0 Å².